The molecule has 0 spiro atoms. The van der Waals surface area contributed by atoms with E-state index in [1.807, 2.05) is 0 Å². The van der Waals surface area contributed by atoms with Crippen LogP contribution in [0.1, 0.15) is 0 Å². The number of rotatable bonds is 2. The number of benzene rings is 1. The van der Waals surface area contributed by atoms with E-state index in [0.717, 1.165) is 0 Å². The van der Waals surface area contributed by atoms with Crippen LogP contribution in [0.25, 0.3) is 0 Å². The third-order valence-corrected chi connectivity index (χ3v) is 1.83. The van der Waals surface area contributed by atoms with Gasteiger partial charge >= 0.3 is 23.6 Å². The Morgan fingerprint density at radius 2 is 1.22 bits per heavy atom. The summed E-state index contributed by atoms with van der Waals surface area (Å²) in [6.07, 6.45) is 0. The van der Waals surface area contributed by atoms with Crippen molar-refractivity contribution in [2.45, 2.75) is 0 Å². The fourth-order valence-corrected chi connectivity index (χ4v) is 1.06. The lowest BCUT2D eigenvalue weighted by Gasteiger charge is -2.06. The molecule has 0 atom stereocenters. The summed E-state index contributed by atoms with van der Waals surface area (Å²) in [4.78, 5) is 43.1. The molecule has 94 valence electrons. The number of carbonyl (C=O) groups is 4. The number of hydrogen-bond donors (Lipinski definition) is 4. The van der Waals surface area contributed by atoms with Crippen molar-refractivity contribution in [3.8, 4) is 0 Å². The van der Waals surface area contributed by atoms with Crippen molar-refractivity contribution in [2.24, 2.45) is 11.5 Å². The molecule has 0 unspecified atom stereocenters. The molecule has 0 aliphatic carbocycles. The molecular weight excluding hydrogens is 240 g/mol. The van der Waals surface area contributed by atoms with Gasteiger partial charge in [-0.05, 0) is 18.2 Å². The van der Waals surface area contributed by atoms with E-state index in [9.17, 15) is 19.2 Å². The molecule has 8 heteroatoms. The summed E-state index contributed by atoms with van der Waals surface area (Å²) in [6, 6.07) is 5.77. The van der Waals surface area contributed by atoms with Crippen molar-refractivity contribution in [2.75, 3.05) is 10.6 Å². The first kappa shape index (κ1) is 13.2. The third kappa shape index (κ3) is 3.59. The summed E-state index contributed by atoms with van der Waals surface area (Å²) < 4.78 is 0. The van der Waals surface area contributed by atoms with E-state index >= 15 is 0 Å². The molecule has 1 aromatic rings. The monoisotopic (exact) mass is 250 g/mol. The lowest BCUT2D eigenvalue weighted by molar-refractivity contribution is -0.134. The van der Waals surface area contributed by atoms with Gasteiger partial charge in [-0.15, -0.1) is 0 Å². The summed E-state index contributed by atoms with van der Waals surface area (Å²) >= 11 is 0. The van der Waals surface area contributed by atoms with E-state index in [-0.39, 0.29) is 11.4 Å². The number of hydrogen-bond acceptors (Lipinski definition) is 4. The maximum Gasteiger partial charge on any atom is 0.313 e. The average molecular weight is 250 g/mol. The van der Waals surface area contributed by atoms with Gasteiger partial charge in [0.2, 0.25) is 0 Å². The lowest BCUT2D eigenvalue weighted by atomic mass is 10.2. The first-order valence-electron chi connectivity index (χ1n) is 4.72. The maximum absolute atomic E-state index is 11.0. The highest BCUT2D eigenvalue weighted by molar-refractivity contribution is 6.39. The minimum absolute atomic E-state index is 0.237. The van der Waals surface area contributed by atoms with Crippen LogP contribution in [0.5, 0.6) is 0 Å². The molecule has 0 heterocycles. The Morgan fingerprint density at radius 1 is 0.833 bits per heavy atom. The van der Waals surface area contributed by atoms with Crippen molar-refractivity contribution in [3.63, 3.8) is 0 Å². The van der Waals surface area contributed by atoms with Crippen LogP contribution in [-0.4, -0.2) is 23.6 Å². The highest BCUT2D eigenvalue weighted by atomic mass is 16.2. The van der Waals surface area contributed by atoms with Crippen molar-refractivity contribution >= 4 is 35.0 Å². The fourth-order valence-electron chi connectivity index (χ4n) is 1.06. The molecule has 0 saturated carbocycles. The summed E-state index contributed by atoms with van der Waals surface area (Å²) in [5, 5.41) is 4.41. The Balaban J connectivity index is 2.80. The predicted molar refractivity (Wildman–Crippen MR) is 62.1 cm³/mol. The van der Waals surface area contributed by atoms with Crippen molar-refractivity contribution < 1.29 is 19.2 Å². The zero-order valence-electron chi connectivity index (χ0n) is 9.10. The van der Waals surface area contributed by atoms with Crippen LogP contribution in [0.3, 0.4) is 0 Å². The molecule has 0 radical (unpaired) electrons. The van der Waals surface area contributed by atoms with E-state index in [1.165, 1.54) is 24.3 Å². The third-order valence-electron chi connectivity index (χ3n) is 1.83. The molecule has 18 heavy (non-hydrogen) atoms. The first-order valence-corrected chi connectivity index (χ1v) is 4.72. The van der Waals surface area contributed by atoms with Crippen LogP contribution in [0.4, 0.5) is 11.4 Å². The summed E-state index contributed by atoms with van der Waals surface area (Å²) in [7, 11) is 0. The SMILES string of the molecule is NC(=O)C(=O)Nc1cccc(NC(=O)C(N)=O)c1. The topological polar surface area (TPSA) is 144 Å². The van der Waals surface area contributed by atoms with Gasteiger partial charge in [-0.1, -0.05) is 6.07 Å². The van der Waals surface area contributed by atoms with Gasteiger partial charge in [0.1, 0.15) is 0 Å². The molecule has 0 saturated heterocycles. The Bertz CT molecular complexity index is 483. The molecule has 1 aromatic carbocycles. The van der Waals surface area contributed by atoms with Crippen LogP contribution in [0.15, 0.2) is 24.3 Å². The summed E-state index contributed by atoms with van der Waals surface area (Å²) in [5.74, 6) is -4.26. The van der Waals surface area contributed by atoms with E-state index in [0.29, 0.717) is 0 Å². The number of nitrogens with one attached hydrogen (secondary N) is 2. The second-order valence-electron chi connectivity index (χ2n) is 3.22. The van der Waals surface area contributed by atoms with Crippen LogP contribution >= 0.6 is 0 Å². The Hall–Kier alpha value is -2.90. The van der Waals surface area contributed by atoms with E-state index in [2.05, 4.69) is 10.6 Å². The van der Waals surface area contributed by atoms with Gasteiger partial charge in [-0.3, -0.25) is 19.2 Å². The number of carbonyl (C=O) groups excluding carboxylic acids is 4. The predicted octanol–water partition coefficient (Wildman–Crippen LogP) is -1.47. The molecule has 0 aliphatic rings. The Kier molecular flexibility index (Phi) is 3.98. The molecule has 0 fully saturated rings. The average Bonchev–Trinajstić information content (AvgIpc) is 2.29. The fraction of sp³-hybridized carbons (Fsp3) is 0. The smallest absolute Gasteiger partial charge is 0.313 e. The second kappa shape index (κ2) is 5.43. The largest absolute Gasteiger partial charge is 0.361 e. The van der Waals surface area contributed by atoms with Gasteiger partial charge in [-0.25, -0.2) is 0 Å². The highest BCUT2D eigenvalue weighted by Crippen LogP contribution is 2.14. The Labute approximate surface area is 101 Å². The number of nitrogens with two attached hydrogens (primary N) is 2. The van der Waals surface area contributed by atoms with Crippen LogP contribution in [-0.2, 0) is 19.2 Å². The van der Waals surface area contributed by atoms with E-state index in [4.69, 9.17) is 11.5 Å². The molecule has 6 N–H and O–H groups in total. The number of primary amides is 2. The normalized spacial score (nSPS) is 9.33. The van der Waals surface area contributed by atoms with Crippen LogP contribution < -0.4 is 22.1 Å². The molecule has 0 aromatic heterocycles. The zero-order chi connectivity index (χ0) is 13.7. The number of amides is 4. The van der Waals surface area contributed by atoms with Crippen molar-refractivity contribution in [3.05, 3.63) is 24.3 Å². The summed E-state index contributed by atoms with van der Waals surface area (Å²) in [5.41, 5.74) is 10.00. The van der Waals surface area contributed by atoms with Gasteiger partial charge in [0, 0.05) is 11.4 Å². The van der Waals surface area contributed by atoms with Crippen molar-refractivity contribution in [1.29, 1.82) is 0 Å². The quantitative estimate of drug-likeness (QED) is 0.475. The molecule has 0 bridgehead atoms. The van der Waals surface area contributed by atoms with Crippen LogP contribution in [0.2, 0.25) is 0 Å². The standard InChI is InChI=1S/C10H10N4O4/c11-7(15)9(17)13-5-2-1-3-6(4-5)14-10(18)8(12)16/h1-4H,(H2,11,15)(H2,12,16)(H,13,17)(H,14,18). The molecule has 1 rings (SSSR count). The van der Waals surface area contributed by atoms with Gasteiger partial charge in [0.15, 0.2) is 0 Å². The van der Waals surface area contributed by atoms with Crippen molar-refractivity contribution in [1.82, 2.24) is 0 Å². The zero-order valence-corrected chi connectivity index (χ0v) is 9.10. The Morgan fingerprint density at radius 3 is 1.56 bits per heavy atom. The van der Waals surface area contributed by atoms with E-state index in [1.54, 1.807) is 0 Å². The summed E-state index contributed by atoms with van der Waals surface area (Å²) in [6.45, 7) is 0. The molecular formula is C10H10N4O4. The van der Waals surface area contributed by atoms with E-state index < -0.39 is 23.6 Å². The molecule has 0 aliphatic heterocycles. The molecule has 4 amide bonds. The van der Waals surface area contributed by atoms with Gasteiger partial charge in [0.25, 0.3) is 0 Å². The minimum atomic E-state index is -1.14. The maximum atomic E-state index is 11.0. The minimum Gasteiger partial charge on any atom is -0.361 e. The lowest BCUT2D eigenvalue weighted by Crippen LogP contribution is -2.30. The van der Waals surface area contributed by atoms with Crippen LogP contribution in [0, 0.1) is 0 Å². The first-order chi connectivity index (χ1) is 8.40. The van der Waals surface area contributed by atoms with Gasteiger partial charge in [-0.2, -0.15) is 0 Å². The number of anilines is 2. The highest BCUT2D eigenvalue weighted by Gasteiger charge is 2.11. The second-order valence-corrected chi connectivity index (χ2v) is 3.22. The molecule has 8 nitrogen and oxygen atoms in total. The van der Waals surface area contributed by atoms with Gasteiger partial charge < -0.3 is 22.1 Å². The van der Waals surface area contributed by atoms with Gasteiger partial charge in [0.05, 0.1) is 0 Å².